The van der Waals surface area contributed by atoms with E-state index in [2.05, 4.69) is 45.4 Å². The number of amides is 1. The van der Waals surface area contributed by atoms with Crippen molar-refractivity contribution in [2.75, 3.05) is 19.6 Å². The zero-order valence-corrected chi connectivity index (χ0v) is 16.8. The summed E-state index contributed by atoms with van der Waals surface area (Å²) in [6.07, 6.45) is 10.3. The summed E-state index contributed by atoms with van der Waals surface area (Å²) in [6, 6.07) is 4.51. The first-order chi connectivity index (χ1) is 13.6. The quantitative estimate of drug-likeness (QED) is 0.831. The SMILES string of the molecule is CC(C)CNC(=O)c1cn(C2CCC23CCN(Cc2cccnc2)CC3)nn1. The summed E-state index contributed by atoms with van der Waals surface area (Å²) in [6.45, 7) is 7.99. The summed E-state index contributed by atoms with van der Waals surface area (Å²) < 4.78 is 1.95. The normalized spacial score (nSPS) is 21.6. The van der Waals surface area contributed by atoms with E-state index in [4.69, 9.17) is 0 Å². The third-order valence-electron chi connectivity index (χ3n) is 6.34. The molecule has 150 valence electrons. The molecule has 4 rings (SSSR count). The largest absolute Gasteiger partial charge is 0.350 e. The van der Waals surface area contributed by atoms with Crippen LogP contribution in [0.15, 0.2) is 30.7 Å². The fourth-order valence-corrected chi connectivity index (χ4v) is 4.50. The van der Waals surface area contributed by atoms with Gasteiger partial charge in [-0.2, -0.15) is 0 Å². The maximum absolute atomic E-state index is 12.2. The van der Waals surface area contributed by atoms with Crippen molar-refractivity contribution in [3.8, 4) is 0 Å². The number of aromatic nitrogens is 4. The lowest BCUT2D eigenvalue weighted by Crippen LogP contribution is -2.49. The Morgan fingerprint density at radius 1 is 1.32 bits per heavy atom. The summed E-state index contributed by atoms with van der Waals surface area (Å²) in [7, 11) is 0. The van der Waals surface area contributed by atoms with Crippen LogP contribution >= 0.6 is 0 Å². The molecule has 28 heavy (non-hydrogen) atoms. The fourth-order valence-electron chi connectivity index (χ4n) is 4.50. The van der Waals surface area contributed by atoms with E-state index >= 15 is 0 Å². The molecule has 1 aliphatic heterocycles. The van der Waals surface area contributed by atoms with Crippen LogP contribution in [0.3, 0.4) is 0 Å². The molecular formula is C21H30N6O. The van der Waals surface area contributed by atoms with Gasteiger partial charge in [0.1, 0.15) is 0 Å². The minimum Gasteiger partial charge on any atom is -0.350 e. The molecule has 1 unspecified atom stereocenters. The number of hydrogen-bond acceptors (Lipinski definition) is 5. The monoisotopic (exact) mass is 382 g/mol. The molecular weight excluding hydrogens is 352 g/mol. The lowest BCUT2D eigenvalue weighted by Gasteiger charge is -2.53. The Kier molecular flexibility index (Phi) is 5.44. The third kappa shape index (κ3) is 3.94. The highest BCUT2D eigenvalue weighted by Crippen LogP contribution is 2.56. The predicted octanol–water partition coefficient (Wildman–Crippen LogP) is 2.68. The predicted molar refractivity (Wildman–Crippen MR) is 107 cm³/mol. The van der Waals surface area contributed by atoms with Gasteiger partial charge < -0.3 is 5.32 Å². The minimum atomic E-state index is -0.125. The number of pyridine rings is 1. The van der Waals surface area contributed by atoms with Crippen LogP contribution in [-0.4, -0.2) is 50.4 Å². The summed E-state index contributed by atoms with van der Waals surface area (Å²) in [4.78, 5) is 19.0. The molecule has 2 aromatic heterocycles. The fraction of sp³-hybridized carbons (Fsp3) is 0.619. The average Bonchev–Trinajstić information content (AvgIpc) is 3.16. The number of carbonyl (C=O) groups is 1. The van der Waals surface area contributed by atoms with Crippen molar-refractivity contribution in [3.05, 3.63) is 42.0 Å². The van der Waals surface area contributed by atoms with Gasteiger partial charge in [0.2, 0.25) is 0 Å². The second-order valence-electron chi connectivity index (χ2n) is 8.74. The van der Waals surface area contributed by atoms with Crippen LogP contribution in [0.25, 0.3) is 0 Å². The molecule has 3 heterocycles. The molecule has 0 bridgehead atoms. The zero-order valence-electron chi connectivity index (χ0n) is 16.8. The Morgan fingerprint density at radius 3 is 2.79 bits per heavy atom. The van der Waals surface area contributed by atoms with Crippen molar-refractivity contribution in [3.63, 3.8) is 0 Å². The number of hydrogen-bond donors (Lipinski definition) is 1. The van der Waals surface area contributed by atoms with Gasteiger partial charge in [-0.1, -0.05) is 25.1 Å². The van der Waals surface area contributed by atoms with Crippen molar-refractivity contribution in [2.24, 2.45) is 11.3 Å². The molecule has 2 aliphatic rings. The first-order valence-electron chi connectivity index (χ1n) is 10.4. The molecule has 1 atom stereocenters. The van der Waals surface area contributed by atoms with Crippen molar-refractivity contribution in [2.45, 2.75) is 52.1 Å². The molecule has 7 heteroatoms. The number of rotatable bonds is 6. The van der Waals surface area contributed by atoms with Gasteiger partial charge in [-0.05, 0) is 61.7 Å². The standard InChI is InChI=1S/C21H30N6O/c1-16(2)12-23-20(28)18-15-27(25-24-18)19-5-6-21(19)7-10-26(11-8-21)14-17-4-3-9-22-13-17/h3-4,9,13,15-16,19H,5-8,10-12,14H2,1-2H3,(H,23,28). The van der Waals surface area contributed by atoms with Crippen molar-refractivity contribution in [1.29, 1.82) is 0 Å². The van der Waals surface area contributed by atoms with Crippen molar-refractivity contribution in [1.82, 2.24) is 30.2 Å². The molecule has 1 aliphatic carbocycles. The highest BCUT2D eigenvalue weighted by atomic mass is 16.2. The second-order valence-corrected chi connectivity index (χ2v) is 8.74. The van der Waals surface area contributed by atoms with Gasteiger partial charge in [-0.25, -0.2) is 4.68 Å². The number of likely N-dealkylation sites (tertiary alicyclic amines) is 1. The Morgan fingerprint density at radius 2 is 2.14 bits per heavy atom. The Labute approximate surface area is 166 Å². The first kappa shape index (κ1) is 19.1. The zero-order chi connectivity index (χ0) is 19.6. The molecule has 2 aromatic rings. The smallest absolute Gasteiger partial charge is 0.273 e. The topological polar surface area (TPSA) is 75.9 Å². The van der Waals surface area contributed by atoms with Gasteiger partial charge in [0, 0.05) is 25.5 Å². The maximum Gasteiger partial charge on any atom is 0.273 e. The van der Waals surface area contributed by atoms with E-state index in [1.807, 2.05) is 29.3 Å². The average molecular weight is 383 g/mol. The van der Waals surface area contributed by atoms with Crippen LogP contribution in [0.2, 0.25) is 0 Å². The first-order valence-corrected chi connectivity index (χ1v) is 10.4. The molecule has 1 spiro atoms. The molecule has 1 amide bonds. The number of nitrogens with one attached hydrogen (secondary N) is 1. The van der Waals surface area contributed by atoms with Gasteiger partial charge >= 0.3 is 0 Å². The van der Waals surface area contributed by atoms with Crippen molar-refractivity contribution < 1.29 is 4.79 Å². The van der Waals surface area contributed by atoms with E-state index in [-0.39, 0.29) is 5.91 Å². The molecule has 1 saturated carbocycles. The minimum absolute atomic E-state index is 0.125. The maximum atomic E-state index is 12.2. The highest BCUT2D eigenvalue weighted by Gasteiger charge is 2.49. The van der Waals surface area contributed by atoms with Crippen molar-refractivity contribution >= 4 is 5.91 Å². The van der Waals surface area contributed by atoms with Gasteiger partial charge in [-0.15, -0.1) is 5.10 Å². The van der Waals surface area contributed by atoms with Gasteiger partial charge in [0.15, 0.2) is 5.69 Å². The lowest BCUT2D eigenvalue weighted by molar-refractivity contribution is -0.0334. The van der Waals surface area contributed by atoms with Crippen LogP contribution < -0.4 is 5.32 Å². The summed E-state index contributed by atoms with van der Waals surface area (Å²) >= 11 is 0. The molecule has 0 radical (unpaired) electrons. The Hall–Kier alpha value is -2.28. The van der Waals surface area contributed by atoms with E-state index in [0.29, 0.717) is 29.6 Å². The van der Waals surface area contributed by atoms with E-state index < -0.39 is 0 Å². The third-order valence-corrected chi connectivity index (χ3v) is 6.34. The molecule has 0 aromatic carbocycles. The molecule has 7 nitrogen and oxygen atoms in total. The van der Waals surface area contributed by atoms with Gasteiger partial charge in [0.05, 0.1) is 12.2 Å². The summed E-state index contributed by atoms with van der Waals surface area (Å²) in [5.74, 6) is 0.297. The number of carbonyl (C=O) groups excluding carboxylic acids is 1. The molecule has 1 saturated heterocycles. The number of piperidine rings is 1. The molecule has 2 fully saturated rings. The van der Waals surface area contributed by atoms with Crippen LogP contribution in [0.5, 0.6) is 0 Å². The Bertz CT molecular complexity index is 794. The van der Waals surface area contributed by atoms with Crippen LogP contribution in [0.4, 0.5) is 0 Å². The second kappa shape index (κ2) is 7.99. The summed E-state index contributed by atoms with van der Waals surface area (Å²) in [5, 5.41) is 11.4. The van der Waals surface area contributed by atoms with E-state index in [0.717, 1.165) is 26.1 Å². The lowest BCUT2D eigenvalue weighted by atomic mass is 9.59. The van der Waals surface area contributed by atoms with Gasteiger partial charge in [-0.3, -0.25) is 14.7 Å². The van der Waals surface area contributed by atoms with Crippen LogP contribution in [-0.2, 0) is 6.54 Å². The highest BCUT2D eigenvalue weighted by molar-refractivity contribution is 5.91. The molecule has 1 N–H and O–H groups in total. The van der Waals surface area contributed by atoms with Gasteiger partial charge in [0.25, 0.3) is 5.91 Å². The van der Waals surface area contributed by atoms with E-state index in [1.54, 1.807) is 0 Å². The van der Waals surface area contributed by atoms with E-state index in [9.17, 15) is 4.79 Å². The Balaban J connectivity index is 1.34. The van der Waals surface area contributed by atoms with Crippen LogP contribution in [0.1, 0.15) is 61.6 Å². The summed E-state index contributed by atoms with van der Waals surface area (Å²) in [5.41, 5.74) is 2.01. The van der Waals surface area contributed by atoms with E-state index in [1.165, 1.54) is 24.8 Å². The van der Waals surface area contributed by atoms with Crippen LogP contribution in [0, 0.1) is 11.3 Å². The number of nitrogens with zero attached hydrogens (tertiary/aromatic N) is 5.